The van der Waals surface area contributed by atoms with Crippen LogP contribution in [0.5, 0.6) is 0 Å². The molecule has 0 aliphatic carbocycles. The molecule has 0 amide bonds. The Morgan fingerprint density at radius 3 is 2.74 bits per heavy atom. The molecule has 0 spiro atoms. The monoisotopic (exact) mass is 342 g/mol. The Morgan fingerprint density at radius 1 is 1.35 bits per heavy atom. The van der Waals surface area contributed by atoms with Crippen LogP contribution in [0.3, 0.4) is 0 Å². The molecule has 5 nitrogen and oxygen atoms in total. The normalized spacial score (nSPS) is 29.0. The van der Waals surface area contributed by atoms with E-state index < -0.39 is 15.8 Å². The van der Waals surface area contributed by atoms with E-state index in [9.17, 15) is 12.8 Å². The summed E-state index contributed by atoms with van der Waals surface area (Å²) >= 11 is 0. The average molecular weight is 342 g/mol. The zero-order chi connectivity index (χ0) is 16.8. The van der Waals surface area contributed by atoms with Gasteiger partial charge in [-0.05, 0) is 51.6 Å². The Labute approximate surface area is 137 Å². The molecule has 2 heterocycles. The first-order chi connectivity index (χ1) is 10.8. The maximum absolute atomic E-state index is 13.8. The molecule has 2 fully saturated rings. The van der Waals surface area contributed by atoms with Crippen LogP contribution in [0, 0.1) is 12.7 Å². The number of benzene rings is 1. The Bertz CT molecular complexity index is 693. The van der Waals surface area contributed by atoms with Gasteiger partial charge in [-0.25, -0.2) is 12.8 Å². The van der Waals surface area contributed by atoms with Crippen LogP contribution in [-0.2, 0) is 14.8 Å². The number of hydrogen-bond donors (Lipinski definition) is 0. The number of sulfonamides is 1. The molecule has 2 aliphatic rings. The van der Waals surface area contributed by atoms with Crippen LogP contribution in [0.2, 0.25) is 0 Å². The first-order valence-electron chi connectivity index (χ1n) is 7.88. The summed E-state index contributed by atoms with van der Waals surface area (Å²) < 4.78 is 47.2. The van der Waals surface area contributed by atoms with Crippen LogP contribution in [-0.4, -0.2) is 63.1 Å². The Hall–Kier alpha value is -1.02. The van der Waals surface area contributed by atoms with Crippen LogP contribution in [0.1, 0.15) is 18.4 Å². The van der Waals surface area contributed by atoms with Crippen molar-refractivity contribution in [2.75, 3.05) is 27.2 Å². The van der Waals surface area contributed by atoms with E-state index in [0.717, 1.165) is 18.9 Å². The van der Waals surface area contributed by atoms with Crippen LogP contribution in [0.4, 0.5) is 4.39 Å². The molecule has 2 aliphatic heterocycles. The molecule has 0 unspecified atom stereocenters. The standard InChI is InChI=1S/C16H23FN2O3S/c1-11-6-7-12(9-13(11)17)23(20,21)19-10-15(18(2)3)16-14(19)5-4-8-22-16/h6-7,9,14-16H,4-5,8,10H2,1-3H3/t14-,15-,16+/m1/s1. The van der Waals surface area contributed by atoms with E-state index in [0.29, 0.717) is 18.7 Å². The maximum atomic E-state index is 13.8. The minimum Gasteiger partial charge on any atom is -0.375 e. The minimum atomic E-state index is -3.73. The van der Waals surface area contributed by atoms with Gasteiger partial charge in [0.25, 0.3) is 0 Å². The summed E-state index contributed by atoms with van der Waals surface area (Å²) in [7, 11) is 0.136. The summed E-state index contributed by atoms with van der Waals surface area (Å²) in [5.74, 6) is -0.495. The van der Waals surface area contributed by atoms with Crippen molar-refractivity contribution in [3.05, 3.63) is 29.6 Å². The van der Waals surface area contributed by atoms with Crippen LogP contribution < -0.4 is 0 Å². The predicted molar refractivity (Wildman–Crippen MR) is 85.3 cm³/mol. The molecule has 3 rings (SSSR count). The maximum Gasteiger partial charge on any atom is 0.243 e. The van der Waals surface area contributed by atoms with Gasteiger partial charge in [0.2, 0.25) is 10.0 Å². The van der Waals surface area contributed by atoms with Crippen molar-refractivity contribution in [3.8, 4) is 0 Å². The van der Waals surface area contributed by atoms with Crippen molar-refractivity contribution >= 4 is 10.0 Å². The summed E-state index contributed by atoms with van der Waals surface area (Å²) in [4.78, 5) is 2.03. The molecule has 23 heavy (non-hydrogen) atoms. The van der Waals surface area contributed by atoms with Gasteiger partial charge < -0.3 is 9.64 Å². The molecule has 3 atom stereocenters. The van der Waals surface area contributed by atoms with Gasteiger partial charge in [-0.15, -0.1) is 0 Å². The Morgan fingerprint density at radius 2 is 2.09 bits per heavy atom. The number of ether oxygens (including phenoxy) is 1. The molecule has 0 saturated carbocycles. The molecule has 128 valence electrons. The number of nitrogens with zero attached hydrogens (tertiary/aromatic N) is 2. The van der Waals surface area contributed by atoms with Gasteiger partial charge in [-0.1, -0.05) is 6.07 Å². The smallest absolute Gasteiger partial charge is 0.243 e. The summed E-state index contributed by atoms with van der Waals surface area (Å²) in [6.07, 6.45) is 1.50. The molecule has 1 aromatic carbocycles. The van der Waals surface area contributed by atoms with Gasteiger partial charge in [-0.2, -0.15) is 4.31 Å². The number of aryl methyl sites for hydroxylation is 1. The van der Waals surface area contributed by atoms with Crippen molar-refractivity contribution in [1.82, 2.24) is 9.21 Å². The van der Waals surface area contributed by atoms with E-state index in [2.05, 4.69) is 0 Å². The lowest BCUT2D eigenvalue weighted by Gasteiger charge is -2.33. The summed E-state index contributed by atoms with van der Waals surface area (Å²) in [6.45, 7) is 2.66. The fourth-order valence-electron chi connectivity index (χ4n) is 3.49. The van der Waals surface area contributed by atoms with Crippen molar-refractivity contribution in [3.63, 3.8) is 0 Å². The van der Waals surface area contributed by atoms with E-state index in [1.807, 2.05) is 19.0 Å². The van der Waals surface area contributed by atoms with E-state index in [4.69, 9.17) is 4.74 Å². The molecular weight excluding hydrogens is 319 g/mol. The first-order valence-corrected chi connectivity index (χ1v) is 9.32. The molecule has 2 saturated heterocycles. The molecule has 7 heteroatoms. The van der Waals surface area contributed by atoms with Gasteiger partial charge in [0.05, 0.1) is 23.1 Å². The van der Waals surface area contributed by atoms with Gasteiger partial charge >= 0.3 is 0 Å². The molecule has 0 aromatic heterocycles. The second kappa shape index (κ2) is 6.12. The molecular formula is C16H23FN2O3S. The van der Waals surface area contributed by atoms with E-state index in [1.165, 1.54) is 16.4 Å². The van der Waals surface area contributed by atoms with Crippen molar-refractivity contribution < 1.29 is 17.5 Å². The lowest BCUT2D eigenvalue weighted by atomic mass is 10.0. The van der Waals surface area contributed by atoms with Crippen molar-refractivity contribution in [1.29, 1.82) is 0 Å². The van der Waals surface area contributed by atoms with E-state index in [1.54, 1.807) is 6.92 Å². The van der Waals surface area contributed by atoms with Crippen LogP contribution in [0.25, 0.3) is 0 Å². The van der Waals surface area contributed by atoms with Crippen LogP contribution in [0.15, 0.2) is 23.1 Å². The SMILES string of the molecule is Cc1ccc(S(=O)(=O)N2C[C@@H](N(C)C)[C@H]3OCCC[C@H]32)cc1F. The highest BCUT2D eigenvalue weighted by Gasteiger charge is 2.49. The molecule has 0 N–H and O–H groups in total. The summed E-state index contributed by atoms with van der Waals surface area (Å²) in [5.41, 5.74) is 0.440. The first kappa shape index (κ1) is 16.8. The van der Waals surface area contributed by atoms with E-state index >= 15 is 0 Å². The highest BCUT2D eigenvalue weighted by Crippen LogP contribution is 2.35. The van der Waals surface area contributed by atoms with Gasteiger partial charge in [0, 0.05) is 13.2 Å². The molecule has 0 radical (unpaired) electrons. The number of likely N-dealkylation sites (N-methyl/N-ethyl adjacent to an activating group) is 1. The fraction of sp³-hybridized carbons (Fsp3) is 0.625. The zero-order valence-corrected chi connectivity index (χ0v) is 14.5. The summed E-state index contributed by atoms with van der Waals surface area (Å²) in [5, 5.41) is 0. The second-order valence-electron chi connectivity index (χ2n) is 6.56. The van der Waals surface area contributed by atoms with Gasteiger partial charge in [-0.3, -0.25) is 0 Å². The summed E-state index contributed by atoms with van der Waals surface area (Å²) in [6, 6.07) is 3.95. The predicted octanol–water partition coefficient (Wildman–Crippen LogP) is 1.62. The third-order valence-corrected chi connectivity index (χ3v) is 6.75. The number of fused-ring (bicyclic) bond motifs is 1. The number of rotatable bonds is 3. The lowest BCUT2D eigenvalue weighted by molar-refractivity contribution is -0.0266. The highest BCUT2D eigenvalue weighted by molar-refractivity contribution is 7.89. The van der Waals surface area contributed by atoms with Gasteiger partial charge in [0.15, 0.2) is 0 Å². The third-order valence-electron chi connectivity index (χ3n) is 4.86. The zero-order valence-electron chi connectivity index (χ0n) is 13.7. The fourth-order valence-corrected chi connectivity index (χ4v) is 5.18. The second-order valence-corrected chi connectivity index (χ2v) is 8.45. The van der Waals surface area contributed by atoms with Crippen molar-refractivity contribution in [2.45, 2.75) is 42.8 Å². The quantitative estimate of drug-likeness (QED) is 0.838. The molecule has 1 aromatic rings. The molecule has 0 bridgehead atoms. The number of halogens is 1. The topological polar surface area (TPSA) is 49.9 Å². The van der Waals surface area contributed by atoms with Gasteiger partial charge in [0.1, 0.15) is 5.82 Å². The van der Waals surface area contributed by atoms with Crippen LogP contribution >= 0.6 is 0 Å². The van der Waals surface area contributed by atoms with Crippen molar-refractivity contribution in [2.24, 2.45) is 0 Å². The van der Waals surface area contributed by atoms with E-state index in [-0.39, 0.29) is 23.1 Å². The Kier molecular flexibility index (Phi) is 4.48. The average Bonchev–Trinajstić information content (AvgIpc) is 2.90. The minimum absolute atomic E-state index is 0.0179. The number of hydrogen-bond acceptors (Lipinski definition) is 4. The largest absolute Gasteiger partial charge is 0.375 e. The highest BCUT2D eigenvalue weighted by atomic mass is 32.2. The lowest BCUT2D eigenvalue weighted by Crippen LogP contribution is -2.45. The third kappa shape index (κ3) is 2.91. The Balaban J connectivity index is 1.97.